The Bertz CT molecular complexity index is 708. The number of hydrogen-bond donors (Lipinski definition) is 0. The average Bonchev–Trinajstić information content (AvgIpc) is 3.10. The van der Waals surface area contributed by atoms with E-state index >= 15 is 0 Å². The van der Waals surface area contributed by atoms with Crippen molar-refractivity contribution < 1.29 is 9.18 Å². The fourth-order valence-electron chi connectivity index (χ4n) is 3.43. The molecule has 2 aliphatic heterocycles. The molecule has 0 N–H and O–H groups in total. The van der Waals surface area contributed by atoms with Gasteiger partial charge in [-0.15, -0.1) is 0 Å². The number of hydrogen-bond acceptors (Lipinski definition) is 5. The SMILES string of the molecule is O=C1[C@@H]2CN(c3ncc(F)cn3)C[C@@H]2CN1Cc1cccnc1. The van der Waals surface area contributed by atoms with Gasteiger partial charge in [-0.25, -0.2) is 14.4 Å². The summed E-state index contributed by atoms with van der Waals surface area (Å²) >= 11 is 0. The van der Waals surface area contributed by atoms with E-state index in [0.717, 1.165) is 31.0 Å². The predicted octanol–water partition coefficient (Wildman–Crippen LogP) is 1.11. The standard InChI is InChI=1S/C16H16FN5O/c17-13-5-19-16(20-6-13)22-9-12-8-21(15(23)14(12)10-22)7-11-2-1-3-18-4-11/h1-6,12,14H,7-10H2/t12-,14+/m0/s1. The van der Waals surface area contributed by atoms with Crippen LogP contribution in [-0.4, -0.2) is 45.4 Å². The van der Waals surface area contributed by atoms with Gasteiger partial charge in [0.2, 0.25) is 11.9 Å². The summed E-state index contributed by atoms with van der Waals surface area (Å²) < 4.78 is 12.9. The van der Waals surface area contributed by atoms with Crippen LogP contribution in [-0.2, 0) is 11.3 Å². The van der Waals surface area contributed by atoms with Crippen LogP contribution in [0.2, 0.25) is 0 Å². The molecule has 0 saturated carbocycles. The highest BCUT2D eigenvalue weighted by atomic mass is 19.1. The Kier molecular flexibility index (Phi) is 3.40. The molecule has 0 unspecified atom stereocenters. The van der Waals surface area contributed by atoms with Crippen molar-refractivity contribution in [3.05, 3.63) is 48.3 Å². The quantitative estimate of drug-likeness (QED) is 0.849. The molecule has 0 aromatic carbocycles. The lowest BCUT2D eigenvalue weighted by molar-refractivity contribution is -0.131. The average molecular weight is 313 g/mol. The first kappa shape index (κ1) is 14.0. The van der Waals surface area contributed by atoms with Gasteiger partial charge < -0.3 is 9.80 Å². The maximum absolute atomic E-state index is 12.9. The van der Waals surface area contributed by atoms with Gasteiger partial charge in [-0.2, -0.15) is 0 Å². The van der Waals surface area contributed by atoms with Crippen LogP contribution in [0.15, 0.2) is 36.9 Å². The van der Waals surface area contributed by atoms with Crippen LogP contribution in [0.25, 0.3) is 0 Å². The third-order valence-corrected chi connectivity index (χ3v) is 4.51. The summed E-state index contributed by atoms with van der Waals surface area (Å²) in [6, 6.07) is 3.86. The van der Waals surface area contributed by atoms with Gasteiger partial charge in [-0.05, 0) is 11.6 Å². The summed E-state index contributed by atoms with van der Waals surface area (Å²) in [5, 5.41) is 0. The lowest BCUT2D eigenvalue weighted by Crippen LogP contribution is -2.33. The fourth-order valence-corrected chi connectivity index (χ4v) is 3.43. The van der Waals surface area contributed by atoms with Crippen LogP contribution in [0.1, 0.15) is 5.56 Å². The molecule has 2 aromatic rings. The lowest BCUT2D eigenvalue weighted by Gasteiger charge is -2.21. The lowest BCUT2D eigenvalue weighted by atomic mass is 10.0. The summed E-state index contributed by atoms with van der Waals surface area (Å²) in [5.74, 6) is 0.455. The summed E-state index contributed by atoms with van der Waals surface area (Å²) in [6.45, 7) is 2.66. The van der Waals surface area contributed by atoms with Gasteiger partial charge in [0.1, 0.15) is 0 Å². The van der Waals surface area contributed by atoms with Crippen LogP contribution in [0, 0.1) is 17.7 Å². The van der Waals surface area contributed by atoms with E-state index in [0.29, 0.717) is 19.0 Å². The van der Waals surface area contributed by atoms with Crippen LogP contribution >= 0.6 is 0 Å². The maximum Gasteiger partial charge on any atom is 0.228 e. The van der Waals surface area contributed by atoms with Gasteiger partial charge in [0, 0.05) is 44.5 Å². The molecule has 23 heavy (non-hydrogen) atoms. The normalized spacial score (nSPS) is 23.4. The van der Waals surface area contributed by atoms with Crippen molar-refractivity contribution in [2.75, 3.05) is 24.5 Å². The van der Waals surface area contributed by atoms with Gasteiger partial charge in [-0.3, -0.25) is 9.78 Å². The molecule has 0 aliphatic carbocycles. The Labute approximate surface area is 133 Å². The maximum atomic E-state index is 12.9. The highest BCUT2D eigenvalue weighted by Crippen LogP contribution is 2.34. The Morgan fingerprint density at radius 1 is 1.17 bits per heavy atom. The monoisotopic (exact) mass is 313 g/mol. The number of carbonyl (C=O) groups is 1. The van der Waals surface area contributed by atoms with Crippen molar-refractivity contribution >= 4 is 11.9 Å². The Morgan fingerprint density at radius 2 is 2.00 bits per heavy atom. The van der Waals surface area contributed by atoms with E-state index in [-0.39, 0.29) is 17.7 Å². The first-order valence-corrected chi connectivity index (χ1v) is 7.61. The number of aromatic nitrogens is 3. The van der Waals surface area contributed by atoms with Crippen molar-refractivity contribution in [3.63, 3.8) is 0 Å². The minimum absolute atomic E-state index is 0.0275. The molecule has 2 atom stereocenters. The molecule has 2 aromatic heterocycles. The molecule has 0 radical (unpaired) electrons. The molecule has 118 valence electrons. The topological polar surface area (TPSA) is 62.2 Å². The minimum atomic E-state index is -0.452. The van der Waals surface area contributed by atoms with E-state index in [2.05, 4.69) is 15.0 Å². The second-order valence-electron chi connectivity index (χ2n) is 6.05. The Balaban J connectivity index is 1.44. The molecule has 6 nitrogen and oxygen atoms in total. The van der Waals surface area contributed by atoms with E-state index in [1.54, 1.807) is 12.4 Å². The zero-order chi connectivity index (χ0) is 15.8. The van der Waals surface area contributed by atoms with Crippen LogP contribution in [0.4, 0.5) is 10.3 Å². The molecular formula is C16H16FN5O. The first-order chi connectivity index (χ1) is 11.2. The van der Waals surface area contributed by atoms with E-state index in [4.69, 9.17) is 0 Å². The Morgan fingerprint density at radius 3 is 2.70 bits per heavy atom. The number of carbonyl (C=O) groups excluding carboxylic acids is 1. The number of amides is 1. The molecule has 2 fully saturated rings. The van der Waals surface area contributed by atoms with Gasteiger partial charge in [-0.1, -0.05) is 6.07 Å². The summed E-state index contributed by atoms with van der Waals surface area (Å²) in [6.07, 6.45) is 5.84. The van der Waals surface area contributed by atoms with E-state index in [1.807, 2.05) is 21.9 Å². The molecule has 4 heterocycles. The summed E-state index contributed by atoms with van der Waals surface area (Å²) in [5.41, 5.74) is 1.04. The molecule has 4 rings (SSSR count). The van der Waals surface area contributed by atoms with E-state index < -0.39 is 5.82 Å². The van der Waals surface area contributed by atoms with Crippen molar-refractivity contribution in [2.24, 2.45) is 11.8 Å². The summed E-state index contributed by atoms with van der Waals surface area (Å²) in [4.78, 5) is 28.6. The molecule has 2 aliphatic rings. The van der Waals surface area contributed by atoms with Crippen molar-refractivity contribution in [3.8, 4) is 0 Å². The van der Waals surface area contributed by atoms with Crippen LogP contribution < -0.4 is 4.90 Å². The minimum Gasteiger partial charge on any atom is -0.340 e. The van der Waals surface area contributed by atoms with Gasteiger partial charge in [0.25, 0.3) is 0 Å². The van der Waals surface area contributed by atoms with Crippen LogP contribution in [0.3, 0.4) is 0 Å². The van der Waals surface area contributed by atoms with Crippen molar-refractivity contribution in [2.45, 2.75) is 6.54 Å². The number of rotatable bonds is 3. The van der Waals surface area contributed by atoms with E-state index in [1.165, 1.54) is 0 Å². The summed E-state index contributed by atoms with van der Waals surface area (Å²) in [7, 11) is 0. The van der Waals surface area contributed by atoms with Crippen molar-refractivity contribution in [1.82, 2.24) is 19.9 Å². The molecule has 7 heteroatoms. The third-order valence-electron chi connectivity index (χ3n) is 4.51. The fraction of sp³-hybridized carbons (Fsp3) is 0.375. The molecule has 2 saturated heterocycles. The Hall–Kier alpha value is -2.57. The smallest absolute Gasteiger partial charge is 0.228 e. The zero-order valence-corrected chi connectivity index (χ0v) is 12.5. The number of pyridine rings is 1. The van der Waals surface area contributed by atoms with Crippen LogP contribution in [0.5, 0.6) is 0 Å². The highest BCUT2D eigenvalue weighted by Gasteiger charge is 2.46. The molecule has 0 spiro atoms. The second kappa shape index (κ2) is 5.57. The van der Waals surface area contributed by atoms with Gasteiger partial charge >= 0.3 is 0 Å². The molecular weight excluding hydrogens is 297 g/mol. The van der Waals surface area contributed by atoms with Gasteiger partial charge in [0.05, 0.1) is 18.3 Å². The molecule has 1 amide bonds. The number of likely N-dealkylation sites (tertiary alicyclic amines) is 1. The highest BCUT2D eigenvalue weighted by molar-refractivity contribution is 5.83. The largest absolute Gasteiger partial charge is 0.340 e. The number of nitrogens with zero attached hydrogens (tertiary/aromatic N) is 5. The number of halogens is 1. The van der Waals surface area contributed by atoms with Gasteiger partial charge in [0.15, 0.2) is 5.82 Å². The first-order valence-electron chi connectivity index (χ1n) is 7.61. The zero-order valence-electron chi connectivity index (χ0n) is 12.5. The third kappa shape index (κ3) is 2.62. The van der Waals surface area contributed by atoms with E-state index in [9.17, 15) is 9.18 Å². The number of fused-ring (bicyclic) bond motifs is 1. The predicted molar refractivity (Wildman–Crippen MR) is 80.8 cm³/mol. The van der Waals surface area contributed by atoms with Crippen molar-refractivity contribution in [1.29, 1.82) is 0 Å². The second-order valence-corrected chi connectivity index (χ2v) is 6.05. The number of anilines is 1. The molecule has 0 bridgehead atoms.